The molecule has 8 heteroatoms. The molecule has 1 N–H and O–H groups in total. The predicted molar refractivity (Wildman–Crippen MR) is 91.5 cm³/mol. The standard InChI is InChI=1S/C19H19F3O5/c1-12(18(24)25-2)9-10-26-17-8-5-14(11-16(17)23)13-3-6-15(7-4-13)27-19(20,21)22/h3-8,11-12,23H,9-10H2,1-2H3. The first-order chi connectivity index (χ1) is 12.7. The van der Waals surface area contributed by atoms with Gasteiger partial charge in [0.2, 0.25) is 0 Å². The normalized spacial score (nSPS) is 12.3. The minimum absolute atomic E-state index is 0.117. The van der Waals surface area contributed by atoms with Crippen molar-refractivity contribution in [1.82, 2.24) is 0 Å². The maximum atomic E-state index is 12.2. The van der Waals surface area contributed by atoms with Crippen molar-refractivity contribution in [2.75, 3.05) is 13.7 Å². The van der Waals surface area contributed by atoms with Crippen LogP contribution in [0.25, 0.3) is 11.1 Å². The molecule has 5 nitrogen and oxygen atoms in total. The SMILES string of the molecule is COC(=O)C(C)CCOc1ccc(-c2ccc(OC(F)(F)F)cc2)cc1O. The zero-order chi connectivity index (χ0) is 20.0. The molecule has 0 radical (unpaired) electrons. The summed E-state index contributed by atoms with van der Waals surface area (Å²) in [5.41, 5.74) is 1.20. The smallest absolute Gasteiger partial charge is 0.504 e. The molecule has 0 saturated heterocycles. The number of rotatable bonds is 7. The predicted octanol–water partition coefficient (Wildman–Crippen LogP) is 4.54. The average molecular weight is 384 g/mol. The Bertz CT molecular complexity index is 772. The van der Waals surface area contributed by atoms with E-state index in [0.29, 0.717) is 17.5 Å². The topological polar surface area (TPSA) is 65.0 Å². The fourth-order valence-corrected chi connectivity index (χ4v) is 2.33. The van der Waals surface area contributed by atoms with Crippen molar-refractivity contribution in [2.24, 2.45) is 5.92 Å². The fraction of sp³-hybridized carbons (Fsp3) is 0.316. The first-order valence-corrected chi connectivity index (χ1v) is 8.09. The molecular formula is C19H19F3O5. The van der Waals surface area contributed by atoms with Crippen LogP contribution in [-0.2, 0) is 9.53 Å². The zero-order valence-electron chi connectivity index (χ0n) is 14.7. The number of alkyl halides is 3. The molecule has 1 unspecified atom stereocenters. The van der Waals surface area contributed by atoms with Crippen LogP contribution in [-0.4, -0.2) is 31.2 Å². The second-order valence-electron chi connectivity index (χ2n) is 5.82. The third-order valence-electron chi connectivity index (χ3n) is 3.79. The lowest BCUT2D eigenvalue weighted by molar-refractivity contribution is -0.274. The number of carbonyl (C=O) groups excluding carboxylic acids is 1. The van der Waals surface area contributed by atoms with E-state index in [9.17, 15) is 23.1 Å². The molecule has 0 aromatic heterocycles. The Morgan fingerprint density at radius 3 is 2.30 bits per heavy atom. The van der Waals surface area contributed by atoms with Gasteiger partial charge in [0.15, 0.2) is 11.5 Å². The second-order valence-corrected chi connectivity index (χ2v) is 5.82. The molecule has 0 amide bonds. The van der Waals surface area contributed by atoms with Crippen molar-refractivity contribution in [1.29, 1.82) is 0 Å². The molecule has 27 heavy (non-hydrogen) atoms. The summed E-state index contributed by atoms with van der Waals surface area (Å²) in [4.78, 5) is 11.3. The largest absolute Gasteiger partial charge is 0.573 e. The van der Waals surface area contributed by atoms with Crippen LogP contribution >= 0.6 is 0 Å². The molecule has 0 aliphatic carbocycles. The van der Waals surface area contributed by atoms with Crippen molar-refractivity contribution in [2.45, 2.75) is 19.7 Å². The van der Waals surface area contributed by atoms with E-state index in [1.165, 1.54) is 37.4 Å². The highest BCUT2D eigenvalue weighted by Crippen LogP contribution is 2.33. The van der Waals surface area contributed by atoms with Crippen molar-refractivity contribution < 1.29 is 37.3 Å². The molecule has 1 atom stereocenters. The Balaban J connectivity index is 2.00. The molecule has 2 aromatic carbocycles. The molecule has 0 heterocycles. The van der Waals surface area contributed by atoms with E-state index in [1.807, 2.05) is 0 Å². The van der Waals surface area contributed by atoms with E-state index in [-0.39, 0.29) is 35.7 Å². The van der Waals surface area contributed by atoms with Crippen molar-refractivity contribution in [3.05, 3.63) is 42.5 Å². The maximum Gasteiger partial charge on any atom is 0.573 e. The Hall–Kier alpha value is -2.90. The lowest BCUT2D eigenvalue weighted by atomic mass is 10.1. The molecule has 2 aromatic rings. The van der Waals surface area contributed by atoms with Crippen LogP contribution in [0.3, 0.4) is 0 Å². The van der Waals surface area contributed by atoms with Crippen LogP contribution in [0.4, 0.5) is 13.2 Å². The summed E-state index contributed by atoms with van der Waals surface area (Å²) in [7, 11) is 1.31. The van der Waals surface area contributed by atoms with Gasteiger partial charge in [0.05, 0.1) is 19.6 Å². The zero-order valence-corrected chi connectivity index (χ0v) is 14.7. The number of ether oxygens (including phenoxy) is 3. The van der Waals surface area contributed by atoms with Gasteiger partial charge in [-0.25, -0.2) is 0 Å². The van der Waals surface area contributed by atoms with E-state index in [1.54, 1.807) is 19.1 Å². The van der Waals surface area contributed by atoms with E-state index >= 15 is 0 Å². The molecule has 0 saturated carbocycles. The summed E-state index contributed by atoms with van der Waals surface area (Å²) in [6.07, 6.45) is -4.32. The number of phenols is 1. The van der Waals surface area contributed by atoms with Gasteiger partial charge < -0.3 is 19.3 Å². The van der Waals surface area contributed by atoms with Crippen LogP contribution in [0.5, 0.6) is 17.2 Å². The number of hydrogen-bond acceptors (Lipinski definition) is 5. The summed E-state index contributed by atoms with van der Waals surface area (Å²) >= 11 is 0. The Morgan fingerprint density at radius 2 is 1.74 bits per heavy atom. The van der Waals surface area contributed by atoms with Gasteiger partial charge in [-0.15, -0.1) is 13.2 Å². The molecular weight excluding hydrogens is 365 g/mol. The summed E-state index contributed by atoms with van der Waals surface area (Å²) in [5.74, 6) is -0.859. The van der Waals surface area contributed by atoms with Gasteiger partial charge in [-0.05, 0) is 41.8 Å². The van der Waals surface area contributed by atoms with E-state index in [0.717, 1.165) is 0 Å². The number of methoxy groups -OCH3 is 1. The minimum Gasteiger partial charge on any atom is -0.504 e. The number of halogens is 3. The Kier molecular flexibility index (Phi) is 6.55. The minimum atomic E-state index is -4.75. The average Bonchev–Trinajstić information content (AvgIpc) is 2.61. The Morgan fingerprint density at radius 1 is 1.11 bits per heavy atom. The Labute approximate surface area is 154 Å². The number of phenolic OH excluding ortho intramolecular Hbond substituents is 1. The summed E-state index contributed by atoms with van der Waals surface area (Å²) in [5, 5.41) is 10.1. The van der Waals surface area contributed by atoms with E-state index in [4.69, 9.17) is 4.74 Å². The first-order valence-electron chi connectivity index (χ1n) is 8.09. The number of aromatic hydroxyl groups is 1. The third kappa shape index (κ3) is 6.09. The monoisotopic (exact) mass is 384 g/mol. The summed E-state index contributed by atoms with van der Waals surface area (Å²) in [6.45, 7) is 1.93. The van der Waals surface area contributed by atoms with Gasteiger partial charge in [-0.1, -0.05) is 25.1 Å². The lowest BCUT2D eigenvalue weighted by Crippen LogP contribution is -2.16. The van der Waals surface area contributed by atoms with E-state index in [2.05, 4.69) is 9.47 Å². The maximum absolute atomic E-state index is 12.2. The highest BCUT2D eigenvalue weighted by Gasteiger charge is 2.30. The van der Waals surface area contributed by atoms with Gasteiger partial charge in [0.1, 0.15) is 5.75 Å². The highest BCUT2D eigenvalue weighted by molar-refractivity contribution is 5.71. The summed E-state index contributed by atoms with van der Waals surface area (Å²) < 4.78 is 50.5. The van der Waals surface area contributed by atoms with Gasteiger partial charge in [0, 0.05) is 0 Å². The van der Waals surface area contributed by atoms with Gasteiger partial charge in [0.25, 0.3) is 0 Å². The van der Waals surface area contributed by atoms with Crippen LogP contribution in [0, 0.1) is 5.92 Å². The third-order valence-corrected chi connectivity index (χ3v) is 3.79. The molecule has 146 valence electrons. The van der Waals surface area contributed by atoms with Crippen LogP contribution < -0.4 is 9.47 Å². The van der Waals surface area contributed by atoms with Gasteiger partial charge in [-0.3, -0.25) is 4.79 Å². The molecule has 2 rings (SSSR count). The van der Waals surface area contributed by atoms with Crippen LogP contribution in [0.1, 0.15) is 13.3 Å². The lowest BCUT2D eigenvalue weighted by Gasteiger charge is -2.12. The molecule has 0 spiro atoms. The quantitative estimate of drug-likeness (QED) is 0.711. The number of benzene rings is 2. The van der Waals surface area contributed by atoms with Crippen LogP contribution in [0.15, 0.2) is 42.5 Å². The molecule has 0 aliphatic rings. The van der Waals surface area contributed by atoms with Crippen LogP contribution in [0.2, 0.25) is 0 Å². The van der Waals surface area contributed by atoms with Crippen molar-refractivity contribution in [3.8, 4) is 28.4 Å². The fourth-order valence-electron chi connectivity index (χ4n) is 2.33. The molecule has 0 aliphatic heterocycles. The van der Waals surface area contributed by atoms with Crippen molar-refractivity contribution >= 4 is 5.97 Å². The number of esters is 1. The molecule has 0 fully saturated rings. The first kappa shape index (κ1) is 20.4. The van der Waals surface area contributed by atoms with Crippen molar-refractivity contribution in [3.63, 3.8) is 0 Å². The van der Waals surface area contributed by atoms with Gasteiger partial charge >= 0.3 is 12.3 Å². The van der Waals surface area contributed by atoms with Gasteiger partial charge in [-0.2, -0.15) is 0 Å². The second kappa shape index (κ2) is 8.66. The van der Waals surface area contributed by atoms with E-state index < -0.39 is 6.36 Å². The summed E-state index contributed by atoms with van der Waals surface area (Å²) in [6, 6.07) is 9.95. The highest BCUT2D eigenvalue weighted by atomic mass is 19.4. The number of hydrogen-bond donors (Lipinski definition) is 1. The molecule has 0 bridgehead atoms. The number of carbonyl (C=O) groups is 1.